The largest absolute Gasteiger partial charge is 0.397 e. The molecule has 4 heteroatoms. The summed E-state index contributed by atoms with van der Waals surface area (Å²) in [6, 6.07) is 5.80. The third-order valence-corrected chi connectivity index (χ3v) is 3.57. The highest BCUT2D eigenvalue weighted by Gasteiger charge is 2.19. The molecule has 0 aliphatic carbocycles. The van der Waals surface area contributed by atoms with E-state index in [4.69, 9.17) is 11.5 Å². The monoisotopic (exact) mass is 277 g/mol. The number of anilines is 2. The van der Waals surface area contributed by atoms with Gasteiger partial charge in [0.05, 0.1) is 11.4 Å². The summed E-state index contributed by atoms with van der Waals surface area (Å²) in [6.45, 7) is 9.73. The Bertz CT molecular complexity index is 453. The topological polar surface area (TPSA) is 72.3 Å². The van der Waals surface area contributed by atoms with Crippen LogP contribution in [-0.4, -0.2) is 18.5 Å². The van der Waals surface area contributed by atoms with Crippen molar-refractivity contribution in [3.63, 3.8) is 0 Å². The molecule has 20 heavy (non-hydrogen) atoms. The van der Waals surface area contributed by atoms with Gasteiger partial charge in [-0.15, -0.1) is 0 Å². The fourth-order valence-electron chi connectivity index (χ4n) is 2.54. The van der Waals surface area contributed by atoms with Gasteiger partial charge in [0.15, 0.2) is 0 Å². The Morgan fingerprint density at radius 2 is 1.85 bits per heavy atom. The van der Waals surface area contributed by atoms with E-state index in [1.807, 2.05) is 6.07 Å². The van der Waals surface area contributed by atoms with Crippen LogP contribution in [0.1, 0.15) is 50.9 Å². The number of hydrogen-bond acceptors (Lipinski definition) is 3. The van der Waals surface area contributed by atoms with Crippen molar-refractivity contribution in [2.24, 2.45) is 11.7 Å². The summed E-state index contributed by atoms with van der Waals surface area (Å²) >= 11 is 0. The molecule has 1 aromatic carbocycles. The SMILES string of the molecule is CCC(CC)N(CC(C)C)c1ccc(C(N)=O)cc1N. The minimum atomic E-state index is -0.443. The maximum Gasteiger partial charge on any atom is 0.248 e. The third kappa shape index (κ3) is 3.89. The first-order valence-electron chi connectivity index (χ1n) is 7.36. The molecule has 1 aromatic rings. The molecule has 0 spiro atoms. The van der Waals surface area contributed by atoms with Crippen LogP contribution in [0.3, 0.4) is 0 Å². The van der Waals surface area contributed by atoms with E-state index in [2.05, 4.69) is 32.6 Å². The Labute approximate surface area is 122 Å². The lowest BCUT2D eigenvalue weighted by molar-refractivity contribution is 0.100. The fourth-order valence-corrected chi connectivity index (χ4v) is 2.54. The highest BCUT2D eigenvalue weighted by Crippen LogP contribution is 2.28. The van der Waals surface area contributed by atoms with Crippen LogP contribution in [-0.2, 0) is 0 Å². The Morgan fingerprint density at radius 3 is 2.25 bits per heavy atom. The van der Waals surface area contributed by atoms with E-state index in [0.717, 1.165) is 25.1 Å². The van der Waals surface area contributed by atoms with E-state index in [0.29, 0.717) is 23.2 Å². The number of nitrogens with two attached hydrogens (primary N) is 2. The second-order valence-electron chi connectivity index (χ2n) is 5.65. The van der Waals surface area contributed by atoms with E-state index in [9.17, 15) is 4.79 Å². The van der Waals surface area contributed by atoms with E-state index >= 15 is 0 Å². The number of amides is 1. The van der Waals surface area contributed by atoms with Crippen LogP contribution >= 0.6 is 0 Å². The molecule has 1 amide bonds. The van der Waals surface area contributed by atoms with Gasteiger partial charge in [-0.25, -0.2) is 0 Å². The first-order valence-corrected chi connectivity index (χ1v) is 7.36. The van der Waals surface area contributed by atoms with Crippen molar-refractivity contribution < 1.29 is 4.79 Å². The Kier molecular flexibility index (Phi) is 5.86. The molecular weight excluding hydrogens is 250 g/mol. The van der Waals surface area contributed by atoms with Crippen LogP contribution in [0.4, 0.5) is 11.4 Å². The summed E-state index contributed by atoms with van der Waals surface area (Å²) in [7, 11) is 0. The molecule has 0 unspecified atom stereocenters. The van der Waals surface area contributed by atoms with Crippen molar-refractivity contribution in [3.05, 3.63) is 23.8 Å². The van der Waals surface area contributed by atoms with Crippen molar-refractivity contribution in [1.29, 1.82) is 0 Å². The van der Waals surface area contributed by atoms with Gasteiger partial charge in [0.2, 0.25) is 5.91 Å². The fraction of sp³-hybridized carbons (Fsp3) is 0.562. The second kappa shape index (κ2) is 7.17. The molecule has 0 fully saturated rings. The molecule has 0 saturated carbocycles. The van der Waals surface area contributed by atoms with Gasteiger partial charge in [0, 0.05) is 18.2 Å². The highest BCUT2D eigenvalue weighted by molar-refractivity contribution is 5.94. The van der Waals surface area contributed by atoms with Crippen molar-refractivity contribution in [2.75, 3.05) is 17.2 Å². The Balaban J connectivity index is 3.16. The number of carbonyl (C=O) groups is 1. The molecule has 0 bridgehead atoms. The van der Waals surface area contributed by atoms with Gasteiger partial charge in [-0.2, -0.15) is 0 Å². The predicted octanol–water partition coefficient (Wildman–Crippen LogP) is 3.02. The van der Waals surface area contributed by atoms with Crippen LogP contribution in [0.5, 0.6) is 0 Å². The first kappa shape index (κ1) is 16.3. The predicted molar refractivity (Wildman–Crippen MR) is 85.9 cm³/mol. The lowest BCUT2D eigenvalue weighted by atomic mass is 10.0. The molecular formula is C16H27N3O. The minimum Gasteiger partial charge on any atom is -0.397 e. The quantitative estimate of drug-likeness (QED) is 0.752. The number of carbonyl (C=O) groups excluding carboxylic acids is 1. The molecule has 4 N–H and O–H groups in total. The molecule has 0 aliphatic heterocycles. The number of nitrogens with zero attached hydrogens (tertiary/aromatic N) is 1. The van der Waals surface area contributed by atoms with Crippen molar-refractivity contribution >= 4 is 17.3 Å². The molecule has 0 radical (unpaired) electrons. The van der Waals surface area contributed by atoms with E-state index < -0.39 is 5.91 Å². The van der Waals surface area contributed by atoms with Crippen LogP contribution in [0.2, 0.25) is 0 Å². The molecule has 0 saturated heterocycles. The minimum absolute atomic E-state index is 0.443. The van der Waals surface area contributed by atoms with Crippen molar-refractivity contribution in [1.82, 2.24) is 0 Å². The summed E-state index contributed by atoms with van der Waals surface area (Å²) in [6.07, 6.45) is 2.14. The molecule has 0 aromatic heterocycles. The number of primary amides is 1. The van der Waals surface area contributed by atoms with Gasteiger partial charge in [-0.1, -0.05) is 27.7 Å². The van der Waals surface area contributed by atoms with Gasteiger partial charge in [0.1, 0.15) is 0 Å². The van der Waals surface area contributed by atoms with Gasteiger partial charge in [-0.3, -0.25) is 4.79 Å². The lowest BCUT2D eigenvalue weighted by Gasteiger charge is -2.35. The third-order valence-electron chi connectivity index (χ3n) is 3.57. The first-order chi connectivity index (χ1) is 9.40. The zero-order chi connectivity index (χ0) is 15.3. The normalized spacial score (nSPS) is 11.1. The molecule has 112 valence electrons. The zero-order valence-corrected chi connectivity index (χ0v) is 13.0. The molecule has 0 atom stereocenters. The van der Waals surface area contributed by atoms with Gasteiger partial charge in [0.25, 0.3) is 0 Å². The second-order valence-corrected chi connectivity index (χ2v) is 5.65. The molecule has 0 aliphatic rings. The summed E-state index contributed by atoms with van der Waals surface area (Å²) in [4.78, 5) is 13.6. The lowest BCUT2D eigenvalue weighted by Crippen LogP contribution is -2.37. The van der Waals surface area contributed by atoms with Gasteiger partial charge in [-0.05, 0) is 37.0 Å². The number of nitrogen functional groups attached to an aromatic ring is 1. The summed E-state index contributed by atoms with van der Waals surface area (Å²) < 4.78 is 0. The average Bonchev–Trinajstić information content (AvgIpc) is 2.38. The smallest absolute Gasteiger partial charge is 0.248 e. The van der Waals surface area contributed by atoms with Crippen LogP contribution in [0.15, 0.2) is 18.2 Å². The van der Waals surface area contributed by atoms with Crippen molar-refractivity contribution in [3.8, 4) is 0 Å². The van der Waals surface area contributed by atoms with E-state index in [-0.39, 0.29) is 0 Å². The molecule has 4 nitrogen and oxygen atoms in total. The zero-order valence-electron chi connectivity index (χ0n) is 13.0. The maximum atomic E-state index is 11.2. The standard InChI is InChI=1S/C16H27N3O/c1-5-13(6-2)19(10-11(3)4)15-8-7-12(16(18)20)9-14(15)17/h7-9,11,13H,5-6,10,17H2,1-4H3,(H2,18,20). The Hall–Kier alpha value is -1.71. The van der Waals surface area contributed by atoms with E-state index in [1.54, 1.807) is 12.1 Å². The number of rotatable bonds is 7. The number of hydrogen-bond donors (Lipinski definition) is 2. The van der Waals surface area contributed by atoms with Crippen LogP contribution < -0.4 is 16.4 Å². The molecule has 0 heterocycles. The summed E-state index contributed by atoms with van der Waals surface area (Å²) in [5.74, 6) is 0.104. The van der Waals surface area contributed by atoms with Crippen molar-refractivity contribution in [2.45, 2.75) is 46.6 Å². The van der Waals surface area contributed by atoms with E-state index in [1.165, 1.54) is 0 Å². The van der Waals surface area contributed by atoms with Gasteiger partial charge < -0.3 is 16.4 Å². The van der Waals surface area contributed by atoms with Gasteiger partial charge >= 0.3 is 0 Å². The maximum absolute atomic E-state index is 11.2. The Morgan fingerprint density at radius 1 is 1.25 bits per heavy atom. The average molecular weight is 277 g/mol. The highest BCUT2D eigenvalue weighted by atomic mass is 16.1. The molecule has 1 rings (SSSR count). The summed E-state index contributed by atoms with van der Waals surface area (Å²) in [5, 5.41) is 0. The van der Waals surface area contributed by atoms with Crippen LogP contribution in [0.25, 0.3) is 0 Å². The van der Waals surface area contributed by atoms with Crippen LogP contribution in [0, 0.1) is 5.92 Å². The summed E-state index contributed by atoms with van der Waals surface area (Å²) in [5.41, 5.74) is 13.5. The number of benzene rings is 1.